The van der Waals surface area contributed by atoms with Crippen LogP contribution in [0.5, 0.6) is 5.75 Å². The molecule has 1 aliphatic rings. The summed E-state index contributed by atoms with van der Waals surface area (Å²) in [5.41, 5.74) is 1.35. The number of rotatable bonds is 4. The molecule has 16 heavy (non-hydrogen) atoms. The van der Waals surface area contributed by atoms with Gasteiger partial charge in [-0.1, -0.05) is 48.0 Å². The van der Waals surface area contributed by atoms with E-state index >= 15 is 0 Å². The number of para-hydroxylation sites is 1. The molecule has 0 radical (unpaired) electrons. The second-order valence-electron chi connectivity index (χ2n) is 4.66. The molecule has 0 amide bonds. The lowest BCUT2D eigenvalue weighted by Gasteiger charge is -2.32. The zero-order valence-corrected chi connectivity index (χ0v) is 11.5. The quantitative estimate of drug-likeness (QED) is 0.739. The Kier molecular flexibility index (Phi) is 3.91. The Hall–Kier alpha value is -0.500. The highest BCUT2D eigenvalue weighted by atomic mass is 79.9. The van der Waals surface area contributed by atoms with Crippen molar-refractivity contribution in [3.8, 4) is 5.75 Å². The molecule has 1 aromatic rings. The average Bonchev–Trinajstić information content (AvgIpc) is 2.27. The Morgan fingerprint density at radius 2 is 2.06 bits per heavy atom. The molecule has 0 N–H and O–H groups in total. The van der Waals surface area contributed by atoms with Crippen LogP contribution < -0.4 is 4.74 Å². The van der Waals surface area contributed by atoms with Crippen LogP contribution in [-0.2, 0) is 0 Å². The highest BCUT2D eigenvalue weighted by molar-refractivity contribution is 9.09. The van der Waals surface area contributed by atoms with Gasteiger partial charge in [-0.25, -0.2) is 0 Å². The third-order valence-electron chi connectivity index (χ3n) is 3.39. The first kappa shape index (κ1) is 12.0. The van der Waals surface area contributed by atoms with E-state index in [1.54, 1.807) is 0 Å². The first-order valence-electron chi connectivity index (χ1n) is 6.10. The fourth-order valence-corrected chi connectivity index (χ4v) is 2.83. The van der Waals surface area contributed by atoms with Crippen molar-refractivity contribution in [3.05, 3.63) is 29.8 Å². The maximum Gasteiger partial charge on any atom is 0.123 e. The number of ether oxygens (including phenoxy) is 1. The van der Waals surface area contributed by atoms with Crippen molar-refractivity contribution in [1.29, 1.82) is 0 Å². The van der Waals surface area contributed by atoms with Crippen LogP contribution in [-0.4, -0.2) is 10.9 Å². The highest BCUT2D eigenvalue weighted by Crippen LogP contribution is 2.34. The van der Waals surface area contributed by atoms with Gasteiger partial charge in [-0.05, 0) is 36.8 Å². The Labute approximate surface area is 106 Å². The lowest BCUT2D eigenvalue weighted by Crippen LogP contribution is -2.34. The van der Waals surface area contributed by atoms with E-state index in [1.807, 2.05) is 0 Å². The normalized spacial score (nSPS) is 25.9. The van der Waals surface area contributed by atoms with Gasteiger partial charge in [-0.15, -0.1) is 0 Å². The van der Waals surface area contributed by atoms with Gasteiger partial charge in [0.25, 0.3) is 0 Å². The van der Waals surface area contributed by atoms with E-state index in [-0.39, 0.29) is 0 Å². The molecule has 0 bridgehead atoms. The van der Waals surface area contributed by atoms with E-state index in [9.17, 15) is 0 Å². The van der Waals surface area contributed by atoms with Gasteiger partial charge in [0.2, 0.25) is 0 Å². The van der Waals surface area contributed by atoms with Gasteiger partial charge in [0.05, 0.1) is 0 Å². The monoisotopic (exact) mass is 282 g/mol. The minimum Gasteiger partial charge on any atom is -0.490 e. The van der Waals surface area contributed by atoms with Gasteiger partial charge < -0.3 is 4.74 Å². The fraction of sp³-hybridized carbons (Fsp3) is 0.571. The van der Waals surface area contributed by atoms with Crippen LogP contribution in [0.15, 0.2) is 24.3 Å². The molecular formula is C14H19BrO. The van der Waals surface area contributed by atoms with Crippen molar-refractivity contribution in [2.75, 3.05) is 0 Å². The van der Waals surface area contributed by atoms with Crippen LogP contribution in [0.25, 0.3) is 0 Å². The Bertz CT molecular complexity index is 344. The van der Waals surface area contributed by atoms with Crippen molar-refractivity contribution < 1.29 is 4.74 Å². The zero-order valence-electron chi connectivity index (χ0n) is 9.95. The van der Waals surface area contributed by atoms with Crippen molar-refractivity contribution in [1.82, 2.24) is 0 Å². The maximum absolute atomic E-state index is 6.04. The average molecular weight is 283 g/mol. The summed E-state index contributed by atoms with van der Waals surface area (Å²) in [7, 11) is 0. The highest BCUT2D eigenvalue weighted by Gasteiger charge is 2.29. The van der Waals surface area contributed by atoms with Crippen LogP contribution in [0.4, 0.5) is 0 Å². The predicted molar refractivity (Wildman–Crippen MR) is 71.5 cm³/mol. The van der Waals surface area contributed by atoms with Gasteiger partial charge in [0.15, 0.2) is 0 Å². The van der Waals surface area contributed by atoms with Crippen LogP contribution in [0.2, 0.25) is 0 Å². The summed E-state index contributed by atoms with van der Waals surface area (Å²) < 4.78 is 6.04. The smallest absolute Gasteiger partial charge is 0.123 e. The third kappa shape index (κ3) is 2.60. The molecule has 0 aliphatic heterocycles. The minimum atomic E-state index is 0.412. The van der Waals surface area contributed by atoms with Crippen LogP contribution in [0.1, 0.15) is 44.6 Å². The van der Waals surface area contributed by atoms with Gasteiger partial charge in [-0.2, -0.15) is 0 Å². The number of benzene rings is 1. The Balaban J connectivity index is 2.07. The molecule has 0 spiro atoms. The summed E-state index contributed by atoms with van der Waals surface area (Å²) in [6, 6.07) is 8.45. The Morgan fingerprint density at radius 3 is 2.69 bits per heavy atom. The maximum atomic E-state index is 6.04. The number of halogens is 1. The summed E-state index contributed by atoms with van der Waals surface area (Å²) in [6.07, 6.45) is 3.84. The van der Waals surface area contributed by atoms with E-state index in [0.717, 1.165) is 25.0 Å². The van der Waals surface area contributed by atoms with Gasteiger partial charge in [-0.3, -0.25) is 0 Å². The van der Waals surface area contributed by atoms with E-state index in [2.05, 4.69) is 54.0 Å². The summed E-state index contributed by atoms with van der Waals surface area (Å²) >= 11 is 3.60. The van der Waals surface area contributed by atoms with Crippen LogP contribution in [0.3, 0.4) is 0 Å². The van der Waals surface area contributed by atoms with E-state index in [4.69, 9.17) is 4.74 Å². The van der Waals surface area contributed by atoms with E-state index in [0.29, 0.717) is 16.8 Å². The molecule has 1 atom stereocenters. The first-order valence-corrected chi connectivity index (χ1v) is 7.02. The summed E-state index contributed by atoms with van der Waals surface area (Å²) in [6.45, 7) is 4.48. The van der Waals surface area contributed by atoms with Crippen LogP contribution >= 0.6 is 15.9 Å². The summed E-state index contributed by atoms with van der Waals surface area (Å²) in [5.74, 6) is 1.66. The standard InChI is InChI=1S/C14H19BrO/c1-3-10(2)13-6-4-5-7-14(13)16-12-8-11(15)9-12/h4-7,10-12H,3,8-9H2,1-2H3. The topological polar surface area (TPSA) is 9.23 Å². The molecule has 1 aromatic carbocycles. The fourth-order valence-electron chi connectivity index (χ4n) is 1.99. The first-order chi connectivity index (χ1) is 7.70. The van der Waals surface area contributed by atoms with Gasteiger partial charge in [0.1, 0.15) is 11.9 Å². The molecule has 0 heterocycles. The van der Waals surface area contributed by atoms with E-state index in [1.165, 1.54) is 5.56 Å². The number of hydrogen-bond donors (Lipinski definition) is 0. The van der Waals surface area contributed by atoms with E-state index < -0.39 is 0 Å². The third-order valence-corrected chi connectivity index (χ3v) is 4.14. The molecular weight excluding hydrogens is 264 g/mol. The molecule has 1 fully saturated rings. The van der Waals surface area contributed by atoms with Crippen molar-refractivity contribution in [3.63, 3.8) is 0 Å². The van der Waals surface area contributed by atoms with Crippen molar-refractivity contribution in [2.45, 2.75) is 50.0 Å². The minimum absolute atomic E-state index is 0.412. The molecule has 0 saturated heterocycles. The summed E-state index contributed by atoms with van der Waals surface area (Å²) in [5, 5.41) is 0. The Morgan fingerprint density at radius 1 is 1.38 bits per heavy atom. The second kappa shape index (κ2) is 5.22. The molecule has 1 aliphatic carbocycles. The molecule has 0 aromatic heterocycles. The molecule has 88 valence electrons. The van der Waals surface area contributed by atoms with Crippen molar-refractivity contribution >= 4 is 15.9 Å². The van der Waals surface area contributed by atoms with Gasteiger partial charge >= 0.3 is 0 Å². The molecule has 1 nitrogen and oxygen atoms in total. The zero-order chi connectivity index (χ0) is 11.5. The molecule has 1 unspecified atom stereocenters. The molecule has 2 heteroatoms. The molecule has 1 saturated carbocycles. The number of alkyl halides is 1. The second-order valence-corrected chi connectivity index (χ2v) is 5.95. The predicted octanol–water partition coefficient (Wildman–Crippen LogP) is 4.50. The number of hydrogen-bond acceptors (Lipinski definition) is 1. The largest absolute Gasteiger partial charge is 0.490 e. The molecule has 2 rings (SSSR count). The van der Waals surface area contributed by atoms with Crippen LogP contribution in [0, 0.1) is 0 Å². The lowest BCUT2D eigenvalue weighted by molar-refractivity contribution is 0.126. The SMILES string of the molecule is CCC(C)c1ccccc1OC1CC(Br)C1. The van der Waals surface area contributed by atoms with Gasteiger partial charge in [0, 0.05) is 4.83 Å². The lowest BCUT2D eigenvalue weighted by atomic mass is 9.94. The van der Waals surface area contributed by atoms with Crippen molar-refractivity contribution in [2.24, 2.45) is 0 Å². The summed E-state index contributed by atoms with van der Waals surface area (Å²) in [4.78, 5) is 0.660.